The Morgan fingerprint density at radius 2 is 1.49 bits per heavy atom. The van der Waals surface area contributed by atoms with E-state index in [1.807, 2.05) is 0 Å². The normalized spacial score (nSPS) is 10.5. The lowest BCUT2D eigenvalue weighted by atomic mass is 10.1. The molecule has 224 valence electrons. The second-order valence-corrected chi connectivity index (χ2v) is 9.05. The fourth-order valence-electron chi connectivity index (χ4n) is 3.63. The van der Waals surface area contributed by atoms with Crippen LogP contribution in [0.2, 0.25) is 5.02 Å². The highest BCUT2D eigenvalue weighted by molar-refractivity contribution is 6.31. The Kier molecular flexibility index (Phi) is 16.2. The summed E-state index contributed by atoms with van der Waals surface area (Å²) in [6.45, 7) is 7.42. The van der Waals surface area contributed by atoms with E-state index in [0.717, 1.165) is 38.9 Å². The first-order valence-electron chi connectivity index (χ1n) is 13.0. The molecule has 0 saturated heterocycles. The SMILES string of the molecule is CCN(CC)CCCCCC(=O)Nc1cc(OC)c(OC)cc1C(=O)Nc1cccc(Cl)c1.O=C(O)/C=C/C(=O)O. The van der Waals surface area contributed by atoms with Gasteiger partial charge in [0.05, 0.1) is 25.5 Å². The largest absolute Gasteiger partial charge is 0.493 e. The summed E-state index contributed by atoms with van der Waals surface area (Å²) in [4.78, 5) is 47.1. The lowest BCUT2D eigenvalue weighted by molar-refractivity contribution is -0.134. The molecular weight excluding hydrogens is 554 g/mol. The fourth-order valence-corrected chi connectivity index (χ4v) is 3.82. The Bertz CT molecular complexity index is 1180. The third-order valence-electron chi connectivity index (χ3n) is 5.77. The topological polar surface area (TPSA) is 154 Å². The first kappa shape index (κ1) is 34.9. The van der Waals surface area contributed by atoms with Gasteiger partial charge >= 0.3 is 11.9 Å². The van der Waals surface area contributed by atoms with Gasteiger partial charge in [0.1, 0.15) is 0 Å². The number of rotatable bonds is 15. The van der Waals surface area contributed by atoms with Crippen LogP contribution in [0.25, 0.3) is 0 Å². The van der Waals surface area contributed by atoms with Crippen LogP contribution >= 0.6 is 11.6 Å². The van der Waals surface area contributed by atoms with Crippen LogP contribution in [-0.4, -0.2) is 72.7 Å². The maximum atomic E-state index is 13.0. The zero-order valence-electron chi connectivity index (χ0n) is 23.7. The standard InChI is InChI=1S/C25H34ClN3O4.C4H4O4/c1-5-29(6-2)14-9-7-8-13-24(30)28-21-17-23(33-4)22(32-3)16-20(21)25(31)27-19-12-10-11-18(26)15-19;5-3(6)1-2-4(7)8/h10-12,15-17H,5-9,13-14H2,1-4H3,(H,27,31)(H,28,30);1-2H,(H,5,6)(H,7,8)/b;2-1+. The number of unbranched alkanes of at least 4 members (excludes halogenated alkanes) is 2. The first-order chi connectivity index (χ1) is 19.5. The number of nitrogens with zero attached hydrogens (tertiary/aromatic N) is 1. The molecule has 41 heavy (non-hydrogen) atoms. The number of carboxylic acid groups (broad SMARTS) is 2. The number of halogens is 1. The highest BCUT2D eigenvalue weighted by Gasteiger charge is 2.19. The third-order valence-corrected chi connectivity index (χ3v) is 6.00. The van der Waals surface area contributed by atoms with E-state index in [2.05, 4.69) is 29.4 Å². The Morgan fingerprint density at radius 3 is 2.02 bits per heavy atom. The molecule has 0 fully saturated rings. The highest BCUT2D eigenvalue weighted by Crippen LogP contribution is 2.34. The van der Waals surface area contributed by atoms with Gasteiger partial charge in [-0.3, -0.25) is 9.59 Å². The van der Waals surface area contributed by atoms with Gasteiger partial charge in [-0.15, -0.1) is 0 Å². The van der Waals surface area contributed by atoms with Crippen molar-refractivity contribution in [2.24, 2.45) is 0 Å². The van der Waals surface area contributed by atoms with E-state index >= 15 is 0 Å². The number of ether oxygens (including phenoxy) is 2. The Balaban J connectivity index is 0.000000915. The van der Waals surface area contributed by atoms with Gasteiger partial charge in [-0.25, -0.2) is 9.59 Å². The molecule has 0 atom stereocenters. The molecule has 0 aliphatic heterocycles. The van der Waals surface area contributed by atoms with Gasteiger partial charge in [-0.1, -0.05) is 37.9 Å². The van der Waals surface area contributed by atoms with Crippen LogP contribution in [0.15, 0.2) is 48.6 Å². The quantitative estimate of drug-likeness (QED) is 0.162. The highest BCUT2D eigenvalue weighted by atomic mass is 35.5. The summed E-state index contributed by atoms with van der Waals surface area (Å²) in [5.41, 5.74) is 1.18. The molecule has 0 heterocycles. The number of benzene rings is 2. The van der Waals surface area contributed by atoms with E-state index in [4.69, 9.17) is 31.3 Å². The van der Waals surface area contributed by atoms with Crippen molar-refractivity contribution in [3.63, 3.8) is 0 Å². The molecular formula is C29H38ClN3O8. The van der Waals surface area contributed by atoms with Crippen LogP contribution in [-0.2, 0) is 14.4 Å². The van der Waals surface area contributed by atoms with Crippen LogP contribution < -0.4 is 20.1 Å². The van der Waals surface area contributed by atoms with E-state index in [1.165, 1.54) is 14.2 Å². The minimum Gasteiger partial charge on any atom is -0.493 e. The van der Waals surface area contributed by atoms with E-state index in [1.54, 1.807) is 36.4 Å². The summed E-state index contributed by atoms with van der Waals surface area (Å²) in [6, 6.07) is 10.0. The minimum atomic E-state index is -1.26. The predicted octanol–water partition coefficient (Wildman–Crippen LogP) is 5.16. The van der Waals surface area contributed by atoms with Gasteiger partial charge < -0.3 is 35.2 Å². The molecule has 0 aromatic heterocycles. The summed E-state index contributed by atoms with van der Waals surface area (Å²) >= 11 is 6.02. The van der Waals surface area contributed by atoms with Crippen molar-refractivity contribution in [2.75, 3.05) is 44.5 Å². The van der Waals surface area contributed by atoms with Gasteiger partial charge in [0.15, 0.2) is 11.5 Å². The fraction of sp³-hybridized carbons (Fsp3) is 0.379. The van der Waals surface area contributed by atoms with Crippen LogP contribution in [0.1, 0.15) is 49.9 Å². The average Bonchev–Trinajstić information content (AvgIpc) is 2.93. The lowest BCUT2D eigenvalue weighted by Gasteiger charge is -2.17. The minimum absolute atomic E-state index is 0.151. The summed E-state index contributed by atoms with van der Waals surface area (Å²) in [5.74, 6) is -2.25. The smallest absolute Gasteiger partial charge is 0.328 e. The van der Waals surface area contributed by atoms with Gasteiger partial charge in [0.25, 0.3) is 5.91 Å². The Morgan fingerprint density at radius 1 is 0.878 bits per heavy atom. The third kappa shape index (κ3) is 13.7. The second-order valence-electron chi connectivity index (χ2n) is 8.61. The molecule has 2 amide bonds. The van der Waals surface area contributed by atoms with Crippen molar-refractivity contribution in [1.82, 2.24) is 4.90 Å². The Labute approximate surface area is 245 Å². The van der Waals surface area contributed by atoms with Crippen LogP contribution in [0.5, 0.6) is 11.5 Å². The van der Waals surface area contributed by atoms with Gasteiger partial charge in [-0.2, -0.15) is 0 Å². The number of hydrogen-bond donors (Lipinski definition) is 4. The van der Waals surface area contributed by atoms with Crippen molar-refractivity contribution in [3.05, 3.63) is 59.1 Å². The summed E-state index contributed by atoms with van der Waals surface area (Å²) < 4.78 is 10.7. The van der Waals surface area contributed by atoms with E-state index in [0.29, 0.717) is 46.5 Å². The number of methoxy groups -OCH3 is 2. The molecule has 0 spiro atoms. The predicted molar refractivity (Wildman–Crippen MR) is 158 cm³/mol. The molecule has 0 unspecified atom stereocenters. The molecule has 2 rings (SSSR count). The van der Waals surface area contributed by atoms with Crippen LogP contribution in [0.4, 0.5) is 11.4 Å². The van der Waals surface area contributed by atoms with Crippen molar-refractivity contribution >= 4 is 46.7 Å². The molecule has 12 heteroatoms. The molecule has 4 N–H and O–H groups in total. The van der Waals surface area contributed by atoms with Crippen molar-refractivity contribution in [2.45, 2.75) is 39.5 Å². The lowest BCUT2D eigenvalue weighted by Crippen LogP contribution is -2.24. The van der Waals surface area contributed by atoms with Crippen LogP contribution in [0.3, 0.4) is 0 Å². The van der Waals surface area contributed by atoms with Gasteiger partial charge in [-0.05, 0) is 56.7 Å². The number of aliphatic carboxylic acids is 2. The van der Waals surface area contributed by atoms with E-state index in [-0.39, 0.29) is 11.5 Å². The maximum absolute atomic E-state index is 13.0. The molecule has 0 saturated carbocycles. The first-order valence-corrected chi connectivity index (χ1v) is 13.4. The number of carboxylic acids is 2. The number of amides is 2. The maximum Gasteiger partial charge on any atom is 0.328 e. The number of carbonyl (C=O) groups is 4. The average molecular weight is 592 g/mol. The monoisotopic (exact) mass is 591 g/mol. The van der Waals surface area contributed by atoms with Crippen molar-refractivity contribution in [1.29, 1.82) is 0 Å². The summed E-state index contributed by atoms with van der Waals surface area (Å²) in [5, 5.41) is 21.8. The van der Waals surface area contributed by atoms with Crippen molar-refractivity contribution < 1.29 is 38.9 Å². The zero-order valence-corrected chi connectivity index (χ0v) is 24.5. The molecule has 0 bridgehead atoms. The summed E-state index contributed by atoms with van der Waals surface area (Å²) in [6.07, 6.45) is 4.30. The summed E-state index contributed by atoms with van der Waals surface area (Å²) in [7, 11) is 3.00. The van der Waals surface area contributed by atoms with E-state index < -0.39 is 17.8 Å². The van der Waals surface area contributed by atoms with Crippen LogP contribution in [0, 0.1) is 0 Å². The van der Waals surface area contributed by atoms with Gasteiger partial charge in [0, 0.05) is 35.3 Å². The second kappa shape index (κ2) is 19.1. The number of hydrogen-bond acceptors (Lipinski definition) is 7. The zero-order chi connectivity index (χ0) is 30.8. The Hall–Kier alpha value is -4.09. The molecule has 0 aliphatic carbocycles. The molecule has 2 aromatic rings. The van der Waals surface area contributed by atoms with E-state index in [9.17, 15) is 19.2 Å². The molecule has 0 aliphatic rings. The molecule has 0 radical (unpaired) electrons. The molecule has 11 nitrogen and oxygen atoms in total. The number of anilines is 2. The number of carbonyl (C=O) groups excluding carboxylic acids is 2. The van der Waals surface area contributed by atoms with Crippen molar-refractivity contribution in [3.8, 4) is 11.5 Å². The molecule has 2 aromatic carbocycles. The number of nitrogens with one attached hydrogen (secondary N) is 2. The van der Waals surface area contributed by atoms with Gasteiger partial charge in [0.2, 0.25) is 5.91 Å².